The Morgan fingerprint density at radius 3 is 2.15 bits per heavy atom. The van der Waals surface area contributed by atoms with E-state index in [9.17, 15) is 0 Å². The third-order valence-corrected chi connectivity index (χ3v) is 2.44. The Morgan fingerprint density at radius 2 is 1.77 bits per heavy atom. The summed E-state index contributed by atoms with van der Waals surface area (Å²) in [5, 5.41) is 0. The lowest BCUT2D eigenvalue weighted by Gasteiger charge is -2.27. The van der Waals surface area contributed by atoms with E-state index in [2.05, 4.69) is 46.6 Å². The Morgan fingerprint density at radius 1 is 1.23 bits per heavy atom. The van der Waals surface area contributed by atoms with Gasteiger partial charge in [-0.2, -0.15) is 0 Å². The number of rotatable bonds is 5. The monoisotopic (exact) mass is 185 g/mol. The minimum Gasteiger partial charge on any atom is -0.306 e. The summed E-state index contributed by atoms with van der Waals surface area (Å²) in [7, 11) is 2.23. The van der Waals surface area contributed by atoms with Crippen LogP contribution in [-0.4, -0.2) is 25.0 Å². The molecule has 1 unspecified atom stereocenters. The van der Waals surface area contributed by atoms with E-state index in [0.717, 1.165) is 5.92 Å². The van der Waals surface area contributed by atoms with Crippen LogP contribution in [0.15, 0.2) is 0 Å². The van der Waals surface area contributed by atoms with Crippen molar-refractivity contribution in [3.05, 3.63) is 0 Å². The van der Waals surface area contributed by atoms with E-state index in [1.807, 2.05) is 0 Å². The summed E-state index contributed by atoms with van der Waals surface area (Å²) in [5.74, 6) is 0.877. The maximum absolute atomic E-state index is 2.45. The van der Waals surface area contributed by atoms with Crippen LogP contribution in [0, 0.1) is 11.3 Å². The smallest absolute Gasteiger partial charge is 0.00270 e. The molecule has 1 heteroatoms. The average molecular weight is 185 g/mol. The fraction of sp³-hybridized carbons (Fsp3) is 1.00. The Bertz CT molecular complexity index is 124. The molecule has 13 heavy (non-hydrogen) atoms. The zero-order chi connectivity index (χ0) is 10.5. The second-order valence-electron chi connectivity index (χ2n) is 5.60. The fourth-order valence-corrected chi connectivity index (χ4v) is 1.53. The van der Waals surface area contributed by atoms with Crippen molar-refractivity contribution in [3.8, 4) is 0 Å². The predicted molar refractivity (Wildman–Crippen MR) is 61.0 cm³/mol. The van der Waals surface area contributed by atoms with Gasteiger partial charge >= 0.3 is 0 Å². The molecule has 0 aliphatic rings. The average Bonchev–Trinajstić information content (AvgIpc) is 1.97. The molecule has 1 nitrogen and oxygen atoms in total. The topological polar surface area (TPSA) is 3.24 Å². The minimum absolute atomic E-state index is 0.435. The second-order valence-corrected chi connectivity index (χ2v) is 5.60. The van der Waals surface area contributed by atoms with Crippen molar-refractivity contribution < 1.29 is 0 Å². The van der Waals surface area contributed by atoms with Crippen LogP contribution in [0.3, 0.4) is 0 Å². The van der Waals surface area contributed by atoms with Gasteiger partial charge in [-0.15, -0.1) is 0 Å². The lowest BCUT2D eigenvalue weighted by molar-refractivity contribution is 0.215. The summed E-state index contributed by atoms with van der Waals surface area (Å²) in [4.78, 5) is 2.45. The first-order chi connectivity index (χ1) is 5.85. The number of hydrogen-bond acceptors (Lipinski definition) is 1. The summed E-state index contributed by atoms with van der Waals surface area (Å²) in [6.45, 7) is 13.9. The maximum atomic E-state index is 2.45. The van der Waals surface area contributed by atoms with E-state index in [1.54, 1.807) is 0 Å². The standard InChI is InChI=1S/C12H27N/c1-7-11(2)8-9-13(6)10-12(3,4)5/h11H,7-10H2,1-6H3. The number of hydrogen-bond donors (Lipinski definition) is 0. The fourth-order valence-electron chi connectivity index (χ4n) is 1.53. The van der Waals surface area contributed by atoms with Crippen LogP contribution in [0.25, 0.3) is 0 Å². The molecule has 0 aliphatic heterocycles. The Labute approximate surface area is 84.5 Å². The molecule has 0 bridgehead atoms. The van der Waals surface area contributed by atoms with Gasteiger partial charge in [-0.3, -0.25) is 0 Å². The quantitative estimate of drug-likeness (QED) is 0.634. The van der Waals surface area contributed by atoms with Crippen molar-refractivity contribution in [3.63, 3.8) is 0 Å². The van der Waals surface area contributed by atoms with Gasteiger partial charge in [-0.25, -0.2) is 0 Å². The third kappa shape index (κ3) is 8.29. The van der Waals surface area contributed by atoms with Crippen LogP contribution < -0.4 is 0 Å². The van der Waals surface area contributed by atoms with Gasteiger partial charge in [0.05, 0.1) is 0 Å². The zero-order valence-corrected chi connectivity index (χ0v) is 10.4. The van der Waals surface area contributed by atoms with Crippen molar-refractivity contribution in [2.45, 2.75) is 47.5 Å². The van der Waals surface area contributed by atoms with E-state index in [0.29, 0.717) is 5.41 Å². The van der Waals surface area contributed by atoms with Gasteiger partial charge in [-0.1, -0.05) is 41.0 Å². The molecule has 0 aliphatic carbocycles. The van der Waals surface area contributed by atoms with Crippen LogP contribution in [0.5, 0.6) is 0 Å². The SMILES string of the molecule is CCC(C)CCN(C)CC(C)(C)C. The van der Waals surface area contributed by atoms with Crippen LogP contribution in [-0.2, 0) is 0 Å². The van der Waals surface area contributed by atoms with Gasteiger partial charge in [0.1, 0.15) is 0 Å². The molecule has 0 saturated carbocycles. The largest absolute Gasteiger partial charge is 0.306 e. The van der Waals surface area contributed by atoms with E-state index < -0.39 is 0 Å². The molecule has 0 amide bonds. The molecule has 0 spiro atoms. The number of nitrogens with zero attached hydrogens (tertiary/aromatic N) is 1. The van der Waals surface area contributed by atoms with Crippen LogP contribution in [0.1, 0.15) is 47.5 Å². The molecule has 0 aromatic heterocycles. The molecule has 0 aromatic carbocycles. The lowest BCUT2D eigenvalue weighted by atomic mass is 9.96. The van der Waals surface area contributed by atoms with E-state index in [4.69, 9.17) is 0 Å². The summed E-state index contributed by atoms with van der Waals surface area (Å²) >= 11 is 0. The van der Waals surface area contributed by atoms with E-state index in [-0.39, 0.29) is 0 Å². The Kier molecular flexibility index (Phi) is 5.62. The van der Waals surface area contributed by atoms with Crippen LogP contribution >= 0.6 is 0 Å². The highest BCUT2D eigenvalue weighted by Gasteiger charge is 2.13. The highest BCUT2D eigenvalue weighted by Crippen LogP contribution is 2.15. The molecular weight excluding hydrogens is 158 g/mol. The first kappa shape index (κ1) is 13.0. The predicted octanol–water partition coefficient (Wildman–Crippen LogP) is 3.40. The molecule has 80 valence electrons. The molecule has 0 fully saturated rings. The molecule has 0 N–H and O–H groups in total. The Balaban J connectivity index is 3.57. The molecule has 0 rings (SSSR count). The molecule has 0 saturated heterocycles. The van der Waals surface area contributed by atoms with Crippen molar-refractivity contribution in [1.29, 1.82) is 0 Å². The van der Waals surface area contributed by atoms with Crippen molar-refractivity contribution in [2.24, 2.45) is 11.3 Å². The highest BCUT2D eigenvalue weighted by molar-refractivity contribution is 4.67. The van der Waals surface area contributed by atoms with Crippen molar-refractivity contribution >= 4 is 0 Å². The van der Waals surface area contributed by atoms with Gasteiger partial charge in [0.2, 0.25) is 0 Å². The summed E-state index contributed by atoms with van der Waals surface area (Å²) in [6.07, 6.45) is 2.65. The van der Waals surface area contributed by atoms with Gasteiger partial charge in [0, 0.05) is 6.54 Å². The lowest BCUT2D eigenvalue weighted by Crippen LogP contribution is -2.30. The third-order valence-electron chi connectivity index (χ3n) is 2.44. The molecule has 1 atom stereocenters. The minimum atomic E-state index is 0.435. The van der Waals surface area contributed by atoms with Gasteiger partial charge < -0.3 is 4.90 Å². The van der Waals surface area contributed by atoms with E-state index in [1.165, 1.54) is 25.9 Å². The van der Waals surface area contributed by atoms with Gasteiger partial charge in [-0.05, 0) is 31.3 Å². The van der Waals surface area contributed by atoms with Gasteiger partial charge in [0.15, 0.2) is 0 Å². The van der Waals surface area contributed by atoms with Crippen molar-refractivity contribution in [1.82, 2.24) is 4.90 Å². The molecule has 0 heterocycles. The van der Waals surface area contributed by atoms with Crippen LogP contribution in [0.4, 0.5) is 0 Å². The first-order valence-electron chi connectivity index (χ1n) is 5.53. The Hall–Kier alpha value is -0.0400. The summed E-state index contributed by atoms with van der Waals surface area (Å²) < 4.78 is 0. The van der Waals surface area contributed by atoms with Crippen molar-refractivity contribution in [2.75, 3.05) is 20.1 Å². The first-order valence-corrected chi connectivity index (χ1v) is 5.53. The summed E-state index contributed by atoms with van der Waals surface area (Å²) in [5.41, 5.74) is 0.435. The summed E-state index contributed by atoms with van der Waals surface area (Å²) in [6, 6.07) is 0. The van der Waals surface area contributed by atoms with E-state index >= 15 is 0 Å². The second kappa shape index (κ2) is 5.64. The molecular formula is C12H27N. The molecule has 0 radical (unpaired) electrons. The molecule has 0 aromatic rings. The normalized spacial score (nSPS) is 15.0. The van der Waals surface area contributed by atoms with Crippen LogP contribution in [0.2, 0.25) is 0 Å². The maximum Gasteiger partial charge on any atom is 0.00270 e. The zero-order valence-electron chi connectivity index (χ0n) is 10.4. The van der Waals surface area contributed by atoms with Gasteiger partial charge in [0.25, 0.3) is 0 Å². The highest BCUT2D eigenvalue weighted by atomic mass is 15.1.